The molecule has 0 radical (unpaired) electrons. The monoisotopic (exact) mass is 496 g/mol. The molecule has 1 aliphatic rings. The Balaban J connectivity index is 1.71. The molecule has 192 valence electrons. The van der Waals surface area contributed by atoms with Crippen molar-refractivity contribution >= 4 is 22.4 Å². The van der Waals surface area contributed by atoms with Crippen LogP contribution in [0.5, 0.6) is 0 Å². The minimum atomic E-state index is -3.30. The van der Waals surface area contributed by atoms with Crippen LogP contribution in [0.15, 0.2) is 42.6 Å². The standard InChI is InChI=1S/C29H35F3N4/c1-9-13-27(4,5)29(31,32)21-12-10-11-19(25(21)30)16-33-26-20-14-24-22(15-23(20)34-18(3)35-26)28(6,7)17(2)36(24)8/h10-12,14-15H,2,9,13,16H2,1,3-8H3,(H,33,34,35). The molecule has 0 spiro atoms. The number of aryl methyl sites for hydroxylation is 1. The summed E-state index contributed by atoms with van der Waals surface area (Å²) in [6.45, 7) is 15.1. The third-order valence-electron chi connectivity index (χ3n) is 7.67. The third kappa shape index (κ3) is 4.02. The van der Waals surface area contributed by atoms with E-state index in [-0.39, 0.29) is 23.9 Å². The molecule has 2 heterocycles. The van der Waals surface area contributed by atoms with Crippen LogP contribution in [0.3, 0.4) is 0 Å². The van der Waals surface area contributed by atoms with Crippen LogP contribution < -0.4 is 10.2 Å². The van der Waals surface area contributed by atoms with E-state index >= 15 is 13.2 Å². The van der Waals surface area contributed by atoms with Crippen LogP contribution in [-0.4, -0.2) is 17.0 Å². The lowest BCUT2D eigenvalue weighted by molar-refractivity contribution is -0.119. The highest BCUT2D eigenvalue weighted by Gasteiger charge is 2.49. The van der Waals surface area contributed by atoms with Crippen LogP contribution in [-0.2, 0) is 17.9 Å². The van der Waals surface area contributed by atoms with E-state index in [4.69, 9.17) is 0 Å². The lowest BCUT2D eigenvalue weighted by Gasteiger charge is -2.34. The predicted octanol–water partition coefficient (Wildman–Crippen LogP) is 7.85. The Morgan fingerprint density at radius 1 is 1.14 bits per heavy atom. The number of hydrogen-bond donors (Lipinski definition) is 1. The molecular formula is C29H35F3N4. The number of alkyl halides is 2. The number of anilines is 2. The molecule has 1 aliphatic heterocycles. The van der Waals surface area contributed by atoms with Crippen LogP contribution in [0.1, 0.15) is 70.0 Å². The SMILES string of the molecule is C=C1N(C)c2cc3c(NCc4cccc(C(F)(F)C(C)(C)CCC)c4F)nc(C)nc3cc2C1(C)C. The maximum atomic E-state index is 15.4. The number of aromatic nitrogens is 2. The minimum absolute atomic E-state index is 0.0145. The Morgan fingerprint density at radius 2 is 1.83 bits per heavy atom. The smallest absolute Gasteiger partial charge is 0.281 e. The van der Waals surface area contributed by atoms with Gasteiger partial charge < -0.3 is 10.2 Å². The second-order valence-electron chi connectivity index (χ2n) is 11.0. The van der Waals surface area contributed by atoms with E-state index in [0.29, 0.717) is 18.1 Å². The molecule has 0 saturated carbocycles. The molecule has 36 heavy (non-hydrogen) atoms. The number of likely N-dealkylation sites (N-methyl/N-ethyl adjacent to an activating group) is 1. The maximum Gasteiger partial charge on any atom is 0.281 e. The van der Waals surface area contributed by atoms with Crippen molar-refractivity contribution in [3.63, 3.8) is 0 Å². The van der Waals surface area contributed by atoms with E-state index in [1.54, 1.807) is 6.92 Å². The molecule has 4 rings (SSSR count). The Morgan fingerprint density at radius 3 is 2.50 bits per heavy atom. The van der Waals surface area contributed by atoms with Gasteiger partial charge in [-0.3, -0.25) is 0 Å². The summed E-state index contributed by atoms with van der Waals surface area (Å²) < 4.78 is 46.1. The highest BCUT2D eigenvalue weighted by molar-refractivity contribution is 5.95. The van der Waals surface area contributed by atoms with Crippen molar-refractivity contribution in [3.8, 4) is 0 Å². The van der Waals surface area contributed by atoms with E-state index in [2.05, 4.69) is 46.7 Å². The first-order chi connectivity index (χ1) is 16.7. The quantitative estimate of drug-likeness (QED) is 0.362. The first-order valence-corrected chi connectivity index (χ1v) is 12.4. The van der Waals surface area contributed by atoms with Gasteiger partial charge in [-0.25, -0.2) is 23.1 Å². The molecule has 0 aliphatic carbocycles. The zero-order valence-corrected chi connectivity index (χ0v) is 22.2. The zero-order chi connectivity index (χ0) is 26.6. The molecule has 3 aromatic rings. The molecular weight excluding hydrogens is 461 g/mol. The van der Waals surface area contributed by atoms with Gasteiger partial charge in [0.05, 0.1) is 11.1 Å². The highest BCUT2D eigenvalue weighted by Crippen LogP contribution is 2.49. The van der Waals surface area contributed by atoms with E-state index in [0.717, 1.165) is 27.9 Å². The summed E-state index contributed by atoms with van der Waals surface area (Å²) in [6.07, 6.45) is 0.880. The maximum absolute atomic E-state index is 15.4. The third-order valence-corrected chi connectivity index (χ3v) is 7.67. The summed E-state index contributed by atoms with van der Waals surface area (Å²) in [7, 11) is 1.98. The number of benzene rings is 2. The molecule has 1 N–H and O–H groups in total. The fourth-order valence-corrected chi connectivity index (χ4v) is 5.20. The normalized spacial score (nSPS) is 15.5. The molecule has 4 nitrogen and oxygen atoms in total. The van der Waals surface area contributed by atoms with Crippen molar-refractivity contribution in [1.82, 2.24) is 9.97 Å². The zero-order valence-electron chi connectivity index (χ0n) is 22.2. The van der Waals surface area contributed by atoms with Crippen molar-refractivity contribution < 1.29 is 13.2 Å². The first kappa shape index (κ1) is 26.0. The lowest BCUT2D eigenvalue weighted by atomic mass is 9.77. The molecule has 7 heteroatoms. The van der Waals surface area contributed by atoms with Crippen molar-refractivity contribution in [2.45, 2.75) is 72.3 Å². The topological polar surface area (TPSA) is 41.0 Å². The predicted molar refractivity (Wildman–Crippen MR) is 141 cm³/mol. The summed E-state index contributed by atoms with van der Waals surface area (Å²) in [5.74, 6) is -3.09. The summed E-state index contributed by atoms with van der Waals surface area (Å²) >= 11 is 0. The van der Waals surface area contributed by atoms with Gasteiger partial charge in [-0.15, -0.1) is 0 Å². The molecule has 0 bridgehead atoms. The highest BCUT2D eigenvalue weighted by atomic mass is 19.3. The molecule has 0 saturated heterocycles. The van der Waals surface area contributed by atoms with Crippen molar-refractivity contribution in [2.75, 3.05) is 17.3 Å². The number of nitrogens with zero attached hydrogens (tertiary/aromatic N) is 3. The van der Waals surface area contributed by atoms with Gasteiger partial charge in [-0.2, -0.15) is 0 Å². The minimum Gasteiger partial charge on any atom is -0.365 e. The number of rotatable bonds is 7. The van der Waals surface area contributed by atoms with E-state index in [1.807, 2.05) is 20.0 Å². The van der Waals surface area contributed by atoms with Gasteiger partial charge >= 0.3 is 0 Å². The second kappa shape index (κ2) is 8.79. The Bertz CT molecular complexity index is 1340. The Labute approximate surface area is 211 Å². The Hall–Kier alpha value is -3.09. The van der Waals surface area contributed by atoms with E-state index in [9.17, 15) is 0 Å². The van der Waals surface area contributed by atoms with Crippen molar-refractivity contribution in [3.05, 3.63) is 70.9 Å². The van der Waals surface area contributed by atoms with Crippen LogP contribution in [0.4, 0.5) is 24.7 Å². The number of halogens is 3. The van der Waals surface area contributed by atoms with Crippen molar-refractivity contribution in [2.24, 2.45) is 5.41 Å². The number of nitrogens with one attached hydrogen (secondary N) is 1. The van der Waals surface area contributed by atoms with Crippen molar-refractivity contribution in [1.29, 1.82) is 0 Å². The molecule has 0 amide bonds. The lowest BCUT2D eigenvalue weighted by Crippen LogP contribution is -2.35. The summed E-state index contributed by atoms with van der Waals surface area (Å²) in [5, 5.41) is 3.97. The average molecular weight is 497 g/mol. The summed E-state index contributed by atoms with van der Waals surface area (Å²) in [6, 6.07) is 8.28. The van der Waals surface area contributed by atoms with E-state index in [1.165, 1.54) is 32.0 Å². The number of hydrogen-bond acceptors (Lipinski definition) is 4. The molecule has 0 unspecified atom stereocenters. The van der Waals surface area contributed by atoms with Crippen LogP contribution >= 0.6 is 0 Å². The van der Waals surface area contributed by atoms with Gasteiger partial charge in [0.15, 0.2) is 0 Å². The first-order valence-electron chi connectivity index (χ1n) is 12.4. The van der Waals surface area contributed by atoms with Gasteiger partial charge in [0.2, 0.25) is 0 Å². The molecule has 0 fully saturated rings. The van der Waals surface area contributed by atoms with Gasteiger partial charge in [0.1, 0.15) is 17.5 Å². The van der Waals surface area contributed by atoms with Crippen LogP contribution in [0, 0.1) is 18.2 Å². The van der Waals surface area contributed by atoms with Gasteiger partial charge in [-0.05, 0) is 31.0 Å². The Kier molecular flexibility index (Phi) is 6.34. The van der Waals surface area contributed by atoms with Crippen LogP contribution in [0.25, 0.3) is 10.9 Å². The molecule has 2 aromatic carbocycles. The van der Waals surface area contributed by atoms with Gasteiger partial charge in [0.25, 0.3) is 5.92 Å². The van der Waals surface area contributed by atoms with Crippen LogP contribution in [0.2, 0.25) is 0 Å². The van der Waals surface area contributed by atoms with E-state index < -0.39 is 22.7 Å². The van der Waals surface area contributed by atoms with Gasteiger partial charge in [0, 0.05) is 46.8 Å². The van der Waals surface area contributed by atoms with Gasteiger partial charge in [-0.1, -0.05) is 65.8 Å². The molecule has 1 aromatic heterocycles. The average Bonchev–Trinajstić information content (AvgIpc) is 2.96. The number of fused-ring (bicyclic) bond motifs is 2. The number of allylic oxidation sites excluding steroid dienone is 1. The fraction of sp³-hybridized carbons (Fsp3) is 0.448. The fourth-order valence-electron chi connectivity index (χ4n) is 5.20. The summed E-state index contributed by atoms with van der Waals surface area (Å²) in [5.41, 5.74) is 1.89. The second-order valence-corrected chi connectivity index (χ2v) is 11.0. The largest absolute Gasteiger partial charge is 0.365 e. The summed E-state index contributed by atoms with van der Waals surface area (Å²) in [4.78, 5) is 11.2. The molecule has 0 atom stereocenters.